The highest BCUT2D eigenvalue weighted by Crippen LogP contribution is 2.31. The van der Waals surface area contributed by atoms with Gasteiger partial charge in [0, 0.05) is 23.7 Å². The van der Waals surface area contributed by atoms with E-state index in [1.165, 1.54) is 11.1 Å². The highest BCUT2D eigenvalue weighted by molar-refractivity contribution is 6.07. The minimum absolute atomic E-state index is 0.0393. The van der Waals surface area contributed by atoms with Gasteiger partial charge in [-0.2, -0.15) is 5.10 Å². The van der Waals surface area contributed by atoms with Crippen molar-refractivity contribution in [2.75, 3.05) is 0 Å². The van der Waals surface area contributed by atoms with Gasteiger partial charge in [-0.25, -0.2) is 4.98 Å². The zero-order chi connectivity index (χ0) is 21.4. The number of fused-ring (bicyclic) bond motifs is 2. The summed E-state index contributed by atoms with van der Waals surface area (Å²) in [5.74, 6) is -0.0536. The summed E-state index contributed by atoms with van der Waals surface area (Å²) in [4.78, 5) is 18.4. The molecule has 2 aromatic carbocycles. The minimum Gasteiger partial charge on any atom is -0.345 e. The number of aromatic nitrogens is 3. The second-order valence-corrected chi connectivity index (χ2v) is 8.17. The van der Waals surface area contributed by atoms with Gasteiger partial charge in [-0.05, 0) is 56.4 Å². The van der Waals surface area contributed by atoms with Gasteiger partial charge in [-0.1, -0.05) is 42.5 Å². The topological polar surface area (TPSA) is 59.8 Å². The molecule has 1 amide bonds. The van der Waals surface area contributed by atoms with E-state index in [2.05, 4.69) is 41.6 Å². The van der Waals surface area contributed by atoms with Crippen LogP contribution in [0.25, 0.3) is 22.2 Å². The third kappa shape index (κ3) is 3.61. The predicted octanol–water partition coefficient (Wildman–Crippen LogP) is 5.23. The Balaban J connectivity index is 1.56. The molecule has 1 N–H and O–H groups in total. The molecule has 0 radical (unpaired) electrons. The Hall–Kier alpha value is -3.47. The van der Waals surface area contributed by atoms with E-state index in [1.807, 2.05) is 48.1 Å². The summed E-state index contributed by atoms with van der Waals surface area (Å²) < 4.78 is 1.90. The highest BCUT2D eigenvalue weighted by Gasteiger charge is 2.23. The Morgan fingerprint density at radius 1 is 1.16 bits per heavy atom. The molecule has 1 unspecified atom stereocenters. The van der Waals surface area contributed by atoms with E-state index in [0.29, 0.717) is 5.56 Å². The Morgan fingerprint density at radius 2 is 1.97 bits per heavy atom. The molecular formula is C26H26N4O. The molecule has 0 bridgehead atoms. The van der Waals surface area contributed by atoms with Crippen LogP contribution in [0.15, 0.2) is 60.8 Å². The van der Waals surface area contributed by atoms with Crippen molar-refractivity contribution in [1.29, 1.82) is 0 Å². The number of nitrogens with one attached hydrogen (secondary N) is 1. The van der Waals surface area contributed by atoms with Gasteiger partial charge < -0.3 is 5.32 Å². The lowest BCUT2D eigenvalue weighted by Gasteiger charge is -2.26. The number of amides is 1. The number of aryl methyl sites for hydroxylation is 3. The molecule has 2 aromatic heterocycles. The van der Waals surface area contributed by atoms with Crippen molar-refractivity contribution < 1.29 is 4.79 Å². The molecule has 0 spiro atoms. The van der Waals surface area contributed by atoms with Crippen LogP contribution in [-0.4, -0.2) is 20.7 Å². The molecule has 4 aromatic rings. The second kappa shape index (κ2) is 7.99. The van der Waals surface area contributed by atoms with Crippen LogP contribution in [0.4, 0.5) is 0 Å². The van der Waals surface area contributed by atoms with Crippen molar-refractivity contribution in [2.24, 2.45) is 0 Å². The second-order valence-electron chi connectivity index (χ2n) is 8.17. The van der Waals surface area contributed by atoms with E-state index < -0.39 is 0 Å². The average Bonchev–Trinajstić information content (AvgIpc) is 3.19. The number of hydrogen-bond donors (Lipinski definition) is 1. The summed E-state index contributed by atoms with van der Waals surface area (Å²) in [6.07, 6.45) is 5.12. The van der Waals surface area contributed by atoms with Crippen molar-refractivity contribution in [3.8, 4) is 11.3 Å². The van der Waals surface area contributed by atoms with Crippen LogP contribution < -0.4 is 5.32 Å². The third-order valence-corrected chi connectivity index (χ3v) is 6.18. The SMILES string of the molecule is CCn1cc(-c2cc(C(=O)NC3CCCc4ccccc43)c3ccccc3n2)c(C)n1. The maximum absolute atomic E-state index is 13.5. The molecule has 31 heavy (non-hydrogen) atoms. The number of pyridine rings is 1. The molecule has 1 atom stereocenters. The molecule has 0 saturated carbocycles. The van der Waals surface area contributed by atoms with Crippen LogP contribution in [-0.2, 0) is 13.0 Å². The predicted molar refractivity (Wildman–Crippen MR) is 123 cm³/mol. The normalized spacial score (nSPS) is 15.6. The van der Waals surface area contributed by atoms with Gasteiger partial charge in [0.2, 0.25) is 0 Å². The summed E-state index contributed by atoms with van der Waals surface area (Å²) in [7, 11) is 0. The maximum atomic E-state index is 13.5. The van der Waals surface area contributed by atoms with Crippen molar-refractivity contribution in [1.82, 2.24) is 20.1 Å². The van der Waals surface area contributed by atoms with Gasteiger partial charge >= 0.3 is 0 Å². The third-order valence-electron chi connectivity index (χ3n) is 6.18. The summed E-state index contributed by atoms with van der Waals surface area (Å²) >= 11 is 0. The average molecular weight is 411 g/mol. The van der Waals surface area contributed by atoms with Crippen LogP contribution in [0.3, 0.4) is 0 Å². The molecular weight excluding hydrogens is 384 g/mol. The molecule has 2 heterocycles. The molecule has 0 aliphatic heterocycles. The van der Waals surface area contributed by atoms with Crippen molar-refractivity contribution in [3.05, 3.63) is 83.2 Å². The number of para-hydroxylation sites is 1. The first-order chi connectivity index (χ1) is 15.1. The molecule has 1 aliphatic carbocycles. The molecule has 5 heteroatoms. The van der Waals surface area contributed by atoms with Gasteiger partial charge in [-0.15, -0.1) is 0 Å². The summed E-state index contributed by atoms with van der Waals surface area (Å²) in [5.41, 5.74) is 6.71. The first kappa shape index (κ1) is 19.5. The first-order valence-electron chi connectivity index (χ1n) is 11.0. The lowest BCUT2D eigenvalue weighted by molar-refractivity contribution is 0.0934. The Labute approximate surface area is 182 Å². The Bertz CT molecular complexity index is 1270. The summed E-state index contributed by atoms with van der Waals surface area (Å²) in [5, 5.41) is 8.73. The van der Waals surface area contributed by atoms with Gasteiger partial charge in [0.05, 0.1) is 28.5 Å². The van der Waals surface area contributed by atoms with Crippen LogP contribution >= 0.6 is 0 Å². The number of rotatable bonds is 4. The highest BCUT2D eigenvalue weighted by atomic mass is 16.1. The molecule has 1 aliphatic rings. The summed E-state index contributed by atoms with van der Waals surface area (Å²) in [6, 6.07) is 18.2. The Morgan fingerprint density at radius 3 is 2.81 bits per heavy atom. The van der Waals surface area contributed by atoms with Gasteiger partial charge in [0.25, 0.3) is 5.91 Å². The molecule has 0 saturated heterocycles. The van der Waals surface area contributed by atoms with E-state index in [9.17, 15) is 4.79 Å². The standard InChI is InChI=1S/C26H26N4O/c1-3-30-16-22(17(2)29-30)25-15-21(20-12-6-7-13-24(20)27-25)26(31)28-23-14-8-10-18-9-4-5-11-19(18)23/h4-7,9,11-13,15-16,23H,3,8,10,14H2,1-2H3,(H,28,31). The minimum atomic E-state index is -0.0536. The van der Waals surface area contributed by atoms with E-state index in [0.717, 1.165) is 53.7 Å². The fraction of sp³-hybridized carbons (Fsp3) is 0.269. The fourth-order valence-electron chi connectivity index (χ4n) is 4.57. The number of carbonyl (C=O) groups is 1. The van der Waals surface area contributed by atoms with Gasteiger partial charge in [0.1, 0.15) is 0 Å². The van der Waals surface area contributed by atoms with Crippen LogP contribution in [0, 0.1) is 6.92 Å². The lowest BCUT2D eigenvalue weighted by Crippen LogP contribution is -2.31. The van der Waals surface area contributed by atoms with Crippen molar-refractivity contribution >= 4 is 16.8 Å². The first-order valence-corrected chi connectivity index (χ1v) is 11.0. The van der Waals surface area contributed by atoms with E-state index >= 15 is 0 Å². The molecule has 5 nitrogen and oxygen atoms in total. The van der Waals surface area contributed by atoms with E-state index in [4.69, 9.17) is 4.98 Å². The fourth-order valence-corrected chi connectivity index (χ4v) is 4.57. The molecule has 0 fully saturated rings. The zero-order valence-electron chi connectivity index (χ0n) is 17.9. The maximum Gasteiger partial charge on any atom is 0.252 e. The van der Waals surface area contributed by atoms with Crippen LogP contribution in [0.5, 0.6) is 0 Å². The quantitative estimate of drug-likeness (QED) is 0.501. The smallest absolute Gasteiger partial charge is 0.252 e. The molecule has 156 valence electrons. The summed E-state index contributed by atoms with van der Waals surface area (Å²) in [6.45, 7) is 4.84. The largest absolute Gasteiger partial charge is 0.345 e. The number of benzene rings is 2. The van der Waals surface area contributed by atoms with Crippen LogP contribution in [0.2, 0.25) is 0 Å². The van der Waals surface area contributed by atoms with E-state index in [1.54, 1.807) is 0 Å². The lowest BCUT2D eigenvalue weighted by atomic mass is 9.87. The number of hydrogen-bond acceptors (Lipinski definition) is 3. The van der Waals surface area contributed by atoms with Crippen LogP contribution in [0.1, 0.15) is 53.0 Å². The van der Waals surface area contributed by atoms with E-state index in [-0.39, 0.29) is 11.9 Å². The van der Waals surface area contributed by atoms with Crippen molar-refractivity contribution in [2.45, 2.75) is 45.7 Å². The monoisotopic (exact) mass is 410 g/mol. The zero-order valence-corrected chi connectivity index (χ0v) is 17.9. The molecule has 5 rings (SSSR count). The Kier molecular flexibility index (Phi) is 5.02. The van der Waals surface area contributed by atoms with Crippen molar-refractivity contribution in [3.63, 3.8) is 0 Å². The number of carbonyl (C=O) groups excluding carboxylic acids is 1. The van der Waals surface area contributed by atoms with Gasteiger partial charge in [0.15, 0.2) is 0 Å². The van der Waals surface area contributed by atoms with Gasteiger partial charge in [-0.3, -0.25) is 9.48 Å². The number of nitrogens with zero attached hydrogens (tertiary/aromatic N) is 3.